The maximum absolute atomic E-state index is 10.6. The van der Waals surface area contributed by atoms with Crippen LogP contribution in [-0.2, 0) is 4.79 Å². The smallest absolute Gasteiger partial charge is 0.143 e. The molecule has 0 aromatic carbocycles. The van der Waals surface area contributed by atoms with Crippen LogP contribution in [0.25, 0.3) is 0 Å². The van der Waals surface area contributed by atoms with Gasteiger partial charge in [-0.25, -0.2) is 0 Å². The van der Waals surface area contributed by atoms with Gasteiger partial charge in [0.25, 0.3) is 0 Å². The Morgan fingerprint density at radius 3 is 2.42 bits per heavy atom. The zero-order valence-corrected chi connectivity index (χ0v) is 8.74. The molecule has 2 heteroatoms. The predicted molar refractivity (Wildman–Crippen MR) is 52.2 cm³/mol. The Balaban J connectivity index is 3.53. The number of hydrogen-bond donors (Lipinski definition) is 1. The van der Waals surface area contributed by atoms with Crippen LogP contribution >= 0.6 is 0 Å². The zero-order valence-electron chi connectivity index (χ0n) is 8.74. The minimum atomic E-state index is 0.210. The highest BCUT2D eigenvalue weighted by atomic mass is 16.1. The highest BCUT2D eigenvalue weighted by molar-refractivity contribution is 5.77. The Kier molecular flexibility index (Phi) is 5.14. The largest absolute Gasteiger partial charge is 0.309 e. The normalized spacial score (nSPS) is 11.7. The van der Waals surface area contributed by atoms with Crippen molar-refractivity contribution in [3.8, 4) is 0 Å². The summed E-state index contributed by atoms with van der Waals surface area (Å²) in [5.41, 5.74) is 0.324. The van der Waals surface area contributed by atoms with Crippen LogP contribution in [0.2, 0.25) is 0 Å². The van der Waals surface area contributed by atoms with E-state index in [-0.39, 0.29) is 5.78 Å². The van der Waals surface area contributed by atoms with E-state index in [0.717, 1.165) is 6.54 Å². The summed E-state index contributed by atoms with van der Waals surface area (Å²) in [6.07, 6.45) is 2.41. The molecule has 0 aliphatic heterocycles. The van der Waals surface area contributed by atoms with Crippen molar-refractivity contribution in [3.63, 3.8) is 0 Å². The molecule has 0 bridgehead atoms. The molecule has 0 rings (SSSR count). The lowest BCUT2D eigenvalue weighted by molar-refractivity contribution is -0.116. The molecule has 72 valence electrons. The van der Waals surface area contributed by atoms with Crippen molar-refractivity contribution in [2.75, 3.05) is 13.1 Å². The highest BCUT2D eigenvalue weighted by Gasteiger charge is 2.15. The molecule has 0 fully saturated rings. The van der Waals surface area contributed by atoms with E-state index >= 15 is 0 Å². The summed E-state index contributed by atoms with van der Waals surface area (Å²) in [6.45, 7) is 9.69. The first-order chi connectivity index (χ1) is 5.48. The lowest BCUT2D eigenvalue weighted by Crippen LogP contribution is -2.32. The summed E-state index contributed by atoms with van der Waals surface area (Å²) in [4.78, 5) is 10.6. The van der Waals surface area contributed by atoms with Crippen molar-refractivity contribution in [3.05, 3.63) is 0 Å². The van der Waals surface area contributed by atoms with Gasteiger partial charge in [-0.2, -0.15) is 0 Å². The Bertz CT molecular complexity index is 141. The molecular formula is C10H21NO. The quantitative estimate of drug-likeness (QED) is 0.662. The second-order valence-electron chi connectivity index (χ2n) is 4.22. The van der Waals surface area contributed by atoms with E-state index in [4.69, 9.17) is 0 Å². The SMILES string of the molecule is CCCC(C)(C)CNCC(C)=O. The summed E-state index contributed by atoms with van der Waals surface area (Å²) in [6, 6.07) is 0. The molecule has 2 nitrogen and oxygen atoms in total. The van der Waals surface area contributed by atoms with Crippen molar-refractivity contribution in [2.45, 2.75) is 40.5 Å². The number of ketones is 1. The van der Waals surface area contributed by atoms with Crippen LogP contribution in [0.4, 0.5) is 0 Å². The van der Waals surface area contributed by atoms with E-state index in [1.807, 2.05) is 0 Å². The van der Waals surface area contributed by atoms with Gasteiger partial charge in [-0.05, 0) is 18.8 Å². The van der Waals surface area contributed by atoms with Crippen LogP contribution in [0.15, 0.2) is 0 Å². The van der Waals surface area contributed by atoms with E-state index in [2.05, 4.69) is 26.1 Å². The molecule has 0 aromatic rings. The van der Waals surface area contributed by atoms with Gasteiger partial charge in [-0.15, -0.1) is 0 Å². The number of carbonyl (C=O) groups excluding carboxylic acids is 1. The van der Waals surface area contributed by atoms with Crippen molar-refractivity contribution in [2.24, 2.45) is 5.41 Å². The molecule has 0 aromatic heterocycles. The van der Waals surface area contributed by atoms with Crippen LogP contribution in [0, 0.1) is 5.41 Å². The molecule has 0 saturated carbocycles. The van der Waals surface area contributed by atoms with Gasteiger partial charge in [-0.3, -0.25) is 4.79 Å². The molecule has 0 aliphatic rings. The molecular weight excluding hydrogens is 150 g/mol. The van der Waals surface area contributed by atoms with Gasteiger partial charge in [0, 0.05) is 6.54 Å². The fourth-order valence-corrected chi connectivity index (χ4v) is 1.34. The van der Waals surface area contributed by atoms with E-state index < -0.39 is 0 Å². The van der Waals surface area contributed by atoms with Crippen molar-refractivity contribution in [1.29, 1.82) is 0 Å². The molecule has 1 N–H and O–H groups in total. The Labute approximate surface area is 75.7 Å². The fraction of sp³-hybridized carbons (Fsp3) is 0.900. The summed E-state index contributed by atoms with van der Waals surface area (Å²) in [5, 5.41) is 3.16. The predicted octanol–water partition coefficient (Wildman–Crippen LogP) is 1.99. The van der Waals surface area contributed by atoms with E-state index in [1.54, 1.807) is 6.92 Å². The van der Waals surface area contributed by atoms with E-state index in [1.165, 1.54) is 12.8 Å². The van der Waals surface area contributed by atoms with Crippen LogP contribution in [-0.4, -0.2) is 18.9 Å². The van der Waals surface area contributed by atoms with Crippen LogP contribution in [0.3, 0.4) is 0 Å². The maximum atomic E-state index is 10.6. The molecule has 0 aliphatic carbocycles. The molecule has 0 spiro atoms. The first kappa shape index (κ1) is 11.6. The van der Waals surface area contributed by atoms with E-state index in [9.17, 15) is 4.79 Å². The third-order valence-electron chi connectivity index (χ3n) is 1.90. The molecule has 0 unspecified atom stereocenters. The van der Waals surface area contributed by atoms with E-state index in [0.29, 0.717) is 12.0 Å². The summed E-state index contributed by atoms with van der Waals surface area (Å²) < 4.78 is 0. The fourth-order valence-electron chi connectivity index (χ4n) is 1.34. The molecule has 0 amide bonds. The number of rotatable bonds is 6. The summed E-state index contributed by atoms with van der Waals surface area (Å²) >= 11 is 0. The summed E-state index contributed by atoms with van der Waals surface area (Å²) in [7, 11) is 0. The Hall–Kier alpha value is -0.370. The minimum absolute atomic E-state index is 0.210. The van der Waals surface area contributed by atoms with Crippen molar-refractivity contribution >= 4 is 5.78 Å². The minimum Gasteiger partial charge on any atom is -0.309 e. The van der Waals surface area contributed by atoms with Gasteiger partial charge in [0.1, 0.15) is 5.78 Å². The molecule has 0 radical (unpaired) electrons. The van der Waals surface area contributed by atoms with Gasteiger partial charge < -0.3 is 5.32 Å². The molecule has 12 heavy (non-hydrogen) atoms. The lowest BCUT2D eigenvalue weighted by atomic mass is 9.88. The third-order valence-corrected chi connectivity index (χ3v) is 1.90. The Morgan fingerprint density at radius 2 is 2.00 bits per heavy atom. The second-order valence-corrected chi connectivity index (χ2v) is 4.22. The zero-order chi connectivity index (χ0) is 9.61. The first-order valence-electron chi connectivity index (χ1n) is 4.68. The number of Topliss-reactive ketones (excluding diaryl/α,β-unsaturated/α-hetero) is 1. The first-order valence-corrected chi connectivity index (χ1v) is 4.68. The monoisotopic (exact) mass is 171 g/mol. The van der Waals surface area contributed by atoms with Gasteiger partial charge in [0.15, 0.2) is 0 Å². The topological polar surface area (TPSA) is 29.1 Å². The standard InChI is InChI=1S/C10H21NO/c1-5-6-10(3,4)8-11-7-9(2)12/h11H,5-8H2,1-4H3. The maximum Gasteiger partial charge on any atom is 0.143 e. The van der Waals surface area contributed by atoms with Crippen molar-refractivity contribution in [1.82, 2.24) is 5.32 Å². The molecule has 0 atom stereocenters. The Morgan fingerprint density at radius 1 is 1.42 bits per heavy atom. The van der Waals surface area contributed by atoms with Crippen LogP contribution in [0.1, 0.15) is 40.5 Å². The lowest BCUT2D eigenvalue weighted by Gasteiger charge is -2.23. The number of nitrogens with one attached hydrogen (secondary N) is 1. The molecule has 0 saturated heterocycles. The average Bonchev–Trinajstić information content (AvgIpc) is 1.85. The van der Waals surface area contributed by atoms with Gasteiger partial charge in [-0.1, -0.05) is 27.2 Å². The third kappa shape index (κ3) is 6.35. The number of hydrogen-bond acceptors (Lipinski definition) is 2. The number of carbonyl (C=O) groups is 1. The summed E-state index contributed by atoms with van der Waals surface area (Å²) in [5.74, 6) is 0.210. The van der Waals surface area contributed by atoms with Gasteiger partial charge in [0.2, 0.25) is 0 Å². The van der Waals surface area contributed by atoms with Crippen LogP contribution < -0.4 is 5.32 Å². The second kappa shape index (κ2) is 5.31. The highest BCUT2D eigenvalue weighted by Crippen LogP contribution is 2.20. The van der Waals surface area contributed by atoms with Gasteiger partial charge >= 0.3 is 0 Å². The van der Waals surface area contributed by atoms with Crippen molar-refractivity contribution < 1.29 is 4.79 Å². The van der Waals surface area contributed by atoms with Gasteiger partial charge in [0.05, 0.1) is 6.54 Å². The van der Waals surface area contributed by atoms with Crippen LogP contribution in [0.5, 0.6) is 0 Å². The average molecular weight is 171 g/mol. The molecule has 0 heterocycles.